The van der Waals surface area contributed by atoms with E-state index in [-0.39, 0.29) is 18.1 Å². The summed E-state index contributed by atoms with van der Waals surface area (Å²) in [5.41, 5.74) is 1.14. The second-order valence-corrected chi connectivity index (χ2v) is 6.36. The van der Waals surface area contributed by atoms with Crippen molar-refractivity contribution in [1.29, 1.82) is 0 Å². The molecule has 0 aliphatic carbocycles. The van der Waals surface area contributed by atoms with Crippen molar-refractivity contribution in [2.24, 2.45) is 0 Å². The Morgan fingerprint density at radius 1 is 1.11 bits per heavy atom. The minimum Gasteiger partial charge on any atom is -0.497 e. The topological polar surface area (TPSA) is 80.4 Å². The van der Waals surface area contributed by atoms with E-state index < -0.39 is 0 Å². The molecule has 27 heavy (non-hydrogen) atoms. The van der Waals surface area contributed by atoms with Crippen LogP contribution in [-0.2, 0) is 11.2 Å². The van der Waals surface area contributed by atoms with Crippen LogP contribution in [0.3, 0.4) is 0 Å². The van der Waals surface area contributed by atoms with Gasteiger partial charge in [0.25, 0.3) is 11.5 Å². The van der Waals surface area contributed by atoms with Crippen LogP contribution in [0.4, 0.5) is 0 Å². The normalized spacial score (nSPS) is 10.6. The Kier molecular flexibility index (Phi) is 5.98. The average molecular weight is 387 g/mol. The van der Waals surface area contributed by atoms with E-state index in [1.807, 2.05) is 18.2 Å². The Hall–Kier alpha value is -2.99. The SMILES string of the molecule is COc1ccc2cc(CCNC(=O)COc3ccc(Cl)cc3)c(=O)[nH]c2c1. The standard InChI is InChI=1S/C20H19ClN2O4/c1-26-17-5-2-13-10-14(20(25)23-18(13)11-17)8-9-22-19(24)12-27-16-6-3-15(21)4-7-16/h2-7,10-11H,8-9,12H2,1H3,(H,22,24)(H,23,25). The van der Waals surface area contributed by atoms with Crippen LogP contribution >= 0.6 is 11.6 Å². The third-order valence-corrected chi connectivity index (χ3v) is 4.28. The molecule has 0 fully saturated rings. The van der Waals surface area contributed by atoms with Crippen molar-refractivity contribution in [3.8, 4) is 11.5 Å². The molecule has 0 aliphatic rings. The number of pyridine rings is 1. The second-order valence-electron chi connectivity index (χ2n) is 5.92. The van der Waals surface area contributed by atoms with Gasteiger partial charge in [0.1, 0.15) is 11.5 Å². The molecule has 2 aromatic carbocycles. The number of rotatable bonds is 7. The van der Waals surface area contributed by atoms with Gasteiger partial charge in [-0.25, -0.2) is 0 Å². The van der Waals surface area contributed by atoms with Gasteiger partial charge < -0.3 is 19.8 Å². The molecule has 1 aromatic heterocycles. The van der Waals surface area contributed by atoms with Gasteiger partial charge in [0, 0.05) is 23.2 Å². The van der Waals surface area contributed by atoms with Crippen molar-refractivity contribution in [3.63, 3.8) is 0 Å². The van der Waals surface area contributed by atoms with Crippen molar-refractivity contribution in [1.82, 2.24) is 10.3 Å². The molecule has 1 heterocycles. The van der Waals surface area contributed by atoms with Gasteiger partial charge >= 0.3 is 0 Å². The molecule has 0 unspecified atom stereocenters. The number of halogens is 1. The van der Waals surface area contributed by atoms with Gasteiger partial charge in [-0.15, -0.1) is 0 Å². The van der Waals surface area contributed by atoms with Crippen LogP contribution in [0.25, 0.3) is 10.9 Å². The molecule has 0 saturated heterocycles. The third kappa shape index (κ3) is 5.01. The summed E-state index contributed by atoms with van der Waals surface area (Å²) in [5.74, 6) is 0.988. The van der Waals surface area contributed by atoms with Gasteiger partial charge in [-0.2, -0.15) is 0 Å². The highest BCUT2D eigenvalue weighted by Gasteiger charge is 2.06. The number of hydrogen-bond donors (Lipinski definition) is 2. The lowest BCUT2D eigenvalue weighted by molar-refractivity contribution is -0.123. The highest BCUT2D eigenvalue weighted by Crippen LogP contribution is 2.18. The van der Waals surface area contributed by atoms with Gasteiger partial charge in [0.2, 0.25) is 0 Å². The fourth-order valence-corrected chi connectivity index (χ4v) is 2.73. The number of hydrogen-bond acceptors (Lipinski definition) is 4. The molecule has 3 rings (SSSR count). The van der Waals surface area contributed by atoms with Crippen molar-refractivity contribution < 1.29 is 14.3 Å². The Labute approximate surface area is 161 Å². The van der Waals surface area contributed by atoms with E-state index >= 15 is 0 Å². The van der Waals surface area contributed by atoms with Gasteiger partial charge in [0.15, 0.2) is 6.61 Å². The number of carbonyl (C=O) groups excluding carboxylic acids is 1. The zero-order valence-electron chi connectivity index (χ0n) is 14.8. The number of carbonyl (C=O) groups is 1. The highest BCUT2D eigenvalue weighted by molar-refractivity contribution is 6.30. The van der Waals surface area contributed by atoms with E-state index in [1.54, 1.807) is 37.4 Å². The van der Waals surface area contributed by atoms with Gasteiger partial charge in [-0.1, -0.05) is 11.6 Å². The molecule has 7 heteroatoms. The lowest BCUT2D eigenvalue weighted by Gasteiger charge is -2.08. The first-order chi connectivity index (χ1) is 13.0. The first kappa shape index (κ1) is 18.8. The summed E-state index contributed by atoms with van der Waals surface area (Å²) in [4.78, 5) is 26.9. The van der Waals surface area contributed by atoms with Crippen LogP contribution in [0.1, 0.15) is 5.56 Å². The number of ether oxygens (including phenoxy) is 2. The van der Waals surface area contributed by atoms with Crippen molar-refractivity contribution >= 4 is 28.4 Å². The van der Waals surface area contributed by atoms with E-state index in [0.29, 0.717) is 40.6 Å². The summed E-state index contributed by atoms with van der Waals surface area (Å²) in [7, 11) is 1.58. The highest BCUT2D eigenvalue weighted by atomic mass is 35.5. The van der Waals surface area contributed by atoms with E-state index in [2.05, 4.69) is 10.3 Å². The number of aromatic amines is 1. The molecule has 0 aliphatic heterocycles. The maximum absolute atomic E-state index is 12.2. The minimum atomic E-state index is -0.257. The summed E-state index contributed by atoms with van der Waals surface area (Å²) in [6, 6.07) is 14.1. The molecule has 0 atom stereocenters. The number of aromatic nitrogens is 1. The molecule has 0 radical (unpaired) electrons. The largest absolute Gasteiger partial charge is 0.497 e. The van der Waals surface area contributed by atoms with Crippen LogP contribution < -0.4 is 20.3 Å². The number of methoxy groups -OCH3 is 1. The number of amides is 1. The average Bonchev–Trinajstić information content (AvgIpc) is 2.67. The van der Waals surface area contributed by atoms with Crippen LogP contribution in [-0.4, -0.2) is 31.2 Å². The summed E-state index contributed by atoms with van der Waals surface area (Å²) >= 11 is 5.80. The van der Waals surface area contributed by atoms with Crippen LogP contribution in [0, 0.1) is 0 Å². The number of fused-ring (bicyclic) bond motifs is 1. The Morgan fingerprint density at radius 2 is 1.85 bits per heavy atom. The van der Waals surface area contributed by atoms with Gasteiger partial charge in [-0.05, 0) is 54.3 Å². The van der Waals surface area contributed by atoms with Crippen LogP contribution in [0.2, 0.25) is 5.02 Å². The predicted octanol–water partition coefficient (Wildman–Crippen LogP) is 2.93. The molecule has 0 saturated carbocycles. The zero-order valence-corrected chi connectivity index (χ0v) is 15.5. The first-order valence-electron chi connectivity index (χ1n) is 8.40. The molecule has 3 aromatic rings. The first-order valence-corrected chi connectivity index (χ1v) is 8.78. The van der Waals surface area contributed by atoms with E-state index in [9.17, 15) is 9.59 Å². The molecule has 140 valence electrons. The van der Waals surface area contributed by atoms with Crippen molar-refractivity contribution in [3.05, 3.63) is 69.5 Å². The monoisotopic (exact) mass is 386 g/mol. The van der Waals surface area contributed by atoms with E-state index in [1.165, 1.54) is 0 Å². The second kappa shape index (κ2) is 8.60. The Morgan fingerprint density at radius 3 is 2.59 bits per heavy atom. The molecule has 0 bridgehead atoms. The molecule has 2 N–H and O–H groups in total. The summed E-state index contributed by atoms with van der Waals surface area (Å²) in [6.45, 7) is 0.239. The zero-order chi connectivity index (χ0) is 19.2. The summed E-state index contributed by atoms with van der Waals surface area (Å²) < 4.78 is 10.5. The predicted molar refractivity (Wildman–Crippen MR) is 105 cm³/mol. The maximum Gasteiger partial charge on any atom is 0.257 e. The fourth-order valence-electron chi connectivity index (χ4n) is 2.61. The quantitative estimate of drug-likeness (QED) is 0.654. The van der Waals surface area contributed by atoms with E-state index in [0.717, 1.165) is 5.39 Å². The minimum absolute atomic E-state index is 0.102. The van der Waals surface area contributed by atoms with Crippen LogP contribution in [0.5, 0.6) is 11.5 Å². The number of benzene rings is 2. The van der Waals surface area contributed by atoms with Crippen LogP contribution in [0.15, 0.2) is 53.3 Å². The van der Waals surface area contributed by atoms with Crippen molar-refractivity contribution in [2.45, 2.75) is 6.42 Å². The maximum atomic E-state index is 12.2. The number of H-pyrrole nitrogens is 1. The van der Waals surface area contributed by atoms with Crippen molar-refractivity contribution in [2.75, 3.05) is 20.3 Å². The number of nitrogens with one attached hydrogen (secondary N) is 2. The van der Waals surface area contributed by atoms with Gasteiger partial charge in [0.05, 0.1) is 12.6 Å². The molecule has 0 spiro atoms. The summed E-state index contributed by atoms with van der Waals surface area (Å²) in [5, 5.41) is 4.25. The Balaban J connectivity index is 1.53. The summed E-state index contributed by atoms with van der Waals surface area (Å²) in [6.07, 6.45) is 0.421. The van der Waals surface area contributed by atoms with Gasteiger partial charge in [-0.3, -0.25) is 9.59 Å². The lowest BCUT2D eigenvalue weighted by atomic mass is 10.1. The lowest BCUT2D eigenvalue weighted by Crippen LogP contribution is -2.31. The fraction of sp³-hybridized carbons (Fsp3) is 0.200. The van der Waals surface area contributed by atoms with E-state index in [4.69, 9.17) is 21.1 Å². The molecule has 6 nitrogen and oxygen atoms in total. The molecular formula is C20H19ClN2O4. The molecular weight excluding hydrogens is 368 g/mol. The third-order valence-electron chi connectivity index (χ3n) is 4.03. The smallest absolute Gasteiger partial charge is 0.257 e. The Bertz CT molecular complexity index is 999. The molecule has 1 amide bonds.